The predicted octanol–water partition coefficient (Wildman–Crippen LogP) is 5.01. The highest BCUT2D eigenvalue weighted by Gasteiger charge is 2.45. The van der Waals surface area contributed by atoms with E-state index in [0.717, 1.165) is 4.90 Å². The van der Waals surface area contributed by atoms with Gasteiger partial charge in [0.1, 0.15) is 40.7 Å². The molecule has 14 heteroatoms. The Morgan fingerprint density at radius 2 is 1.83 bits per heavy atom. The molecule has 0 radical (unpaired) electrons. The summed E-state index contributed by atoms with van der Waals surface area (Å²) in [7, 11) is 1.63. The Balaban J connectivity index is 1.43. The molecule has 1 amide bonds. The fourth-order valence-electron chi connectivity index (χ4n) is 6.11. The van der Waals surface area contributed by atoms with E-state index in [9.17, 15) is 32.7 Å². The zero-order valence-corrected chi connectivity index (χ0v) is 25.4. The van der Waals surface area contributed by atoms with Crippen molar-refractivity contribution in [1.82, 2.24) is 14.9 Å². The van der Waals surface area contributed by atoms with Crippen molar-refractivity contribution < 1.29 is 41.4 Å². The molecule has 2 N–H and O–H groups in total. The minimum absolute atomic E-state index is 0.0727. The van der Waals surface area contributed by atoms with Gasteiger partial charge in [-0.15, -0.1) is 0 Å². The molecular weight excluding hydrogens is 615 g/mol. The fourth-order valence-corrected chi connectivity index (χ4v) is 6.11. The molecular formula is C32H33F5N4O5. The van der Waals surface area contributed by atoms with Crippen LogP contribution in [0.3, 0.4) is 0 Å². The smallest absolute Gasteiger partial charge is 0.408 e. The highest BCUT2D eigenvalue weighted by Crippen LogP contribution is 2.38. The molecule has 46 heavy (non-hydrogen) atoms. The lowest BCUT2D eigenvalue weighted by molar-refractivity contribution is -0.152. The second-order valence-corrected chi connectivity index (χ2v) is 11.6. The van der Waals surface area contributed by atoms with Gasteiger partial charge in [-0.3, -0.25) is 9.59 Å². The lowest BCUT2D eigenvalue weighted by Crippen LogP contribution is -2.49. The van der Waals surface area contributed by atoms with Gasteiger partial charge in [0.05, 0.1) is 12.3 Å². The lowest BCUT2D eigenvalue weighted by Gasteiger charge is -2.38. The van der Waals surface area contributed by atoms with Crippen molar-refractivity contribution in [3.63, 3.8) is 0 Å². The van der Waals surface area contributed by atoms with Crippen LogP contribution in [0.4, 0.5) is 27.6 Å². The van der Waals surface area contributed by atoms with Crippen molar-refractivity contribution in [2.75, 3.05) is 18.1 Å². The number of aryl methyl sites for hydroxylation is 1. The third-order valence-corrected chi connectivity index (χ3v) is 8.74. The molecule has 0 unspecified atom stereocenters. The zero-order chi connectivity index (χ0) is 33.5. The van der Waals surface area contributed by atoms with E-state index in [1.165, 1.54) is 4.57 Å². The van der Waals surface area contributed by atoms with Crippen LogP contribution in [0.1, 0.15) is 58.6 Å². The number of alkyl halides is 3. The van der Waals surface area contributed by atoms with E-state index in [0.29, 0.717) is 78.3 Å². The molecule has 3 heterocycles. The Morgan fingerprint density at radius 1 is 1.13 bits per heavy atom. The number of nitrogens with zero attached hydrogens (tertiary/aromatic N) is 3. The van der Waals surface area contributed by atoms with Gasteiger partial charge in [0.25, 0.3) is 11.5 Å². The molecule has 2 aromatic carbocycles. The second-order valence-electron chi connectivity index (χ2n) is 11.6. The number of halogens is 5. The molecule has 2 atom stereocenters. The highest BCUT2D eigenvalue weighted by atomic mass is 19.4. The summed E-state index contributed by atoms with van der Waals surface area (Å²) in [5.41, 5.74) is 1.23. The topological polar surface area (TPSA) is 114 Å². The summed E-state index contributed by atoms with van der Waals surface area (Å²) in [5, 5.41) is 12.1. The summed E-state index contributed by atoms with van der Waals surface area (Å²) >= 11 is 0. The number of fused-ring (bicyclic) bond motifs is 1. The van der Waals surface area contributed by atoms with Gasteiger partial charge in [-0.1, -0.05) is 6.07 Å². The molecule has 246 valence electrons. The Hall–Kier alpha value is -4.49. The molecule has 0 saturated carbocycles. The molecule has 2 aliphatic heterocycles. The minimum atomic E-state index is -4.62. The first kappa shape index (κ1) is 32.9. The van der Waals surface area contributed by atoms with E-state index in [2.05, 4.69) is 10.3 Å². The number of carbonyl (C=O) groups excluding carboxylic acids is 1. The maximum Gasteiger partial charge on any atom is 0.408 e. The van der Waals surface area contributed by atoms with Gasteiger partial charge in [-0.05, 0) is 75.3 Å². The van der Waals surface area contributed by atoms with Crippen LogP contribution >= 0.6 is 0 Å². The van der Waals surface area contributed by atoms with Crippen molar-refractivity contribution in [3.8, 4) is 17.0 Å². The van der Waals surface area contributed by atoms with Gasteiger partial charge in [-0.2, -0.15) is 13.2 Å². The van der Waals surface area contributed by atoms with Crippen LogP contribution in [0.15, 0.2) is 29.1 Å². The number of aromatic nitrogens is 2. The first-order valence-electron chi connectivity index (χ1n) is 14.9. The summed E-state index contributed by atoms with van der Waals surface area (Å²) in [5.74, 6) is -5.31. The number of rotatable bonds is 7. The minimum Gasteiger partial charge on any atom is -0.493 e. The Labute approximate surface area is 261 Å². The molecule has 1 saturated heterocycles. The molecule has 0 aliphatic carbocycles. The molecule has 3 aromatic rings. The first-order valence-corrected chi connectivity index (χ1v) is 14.9. The van der Waals surface area contributed by atoms with Gasteiger partial charge in [0.15, 0.2) is 0 Å². The van der Waals surface area contributed by atoms with Crippen LogP contribution in [-0.2, 0) is 24.7 Å². The predicted molar refractivity (Wildman–Crippen MR) is 158 cm³/mol. The molecule has 5 rings (SSSR count). The SMILES string of the molecule is Cc1nc(-c2ccc(C[C@H](NC(=O)c3c(F)cc(N4CCCC[C@@H]4C(F)(F)F)cc3F)C(=O)O)c3c2OCCC3)c(=O)n(C)c1C. The zero-order valence-electron chi connectivity index (χ0n) is 25.4. The van der Waals surface area contributed by atoms with Crippen LogP contribution in [0, 0.1) is 25.5 Å². The monoisotopic (exact) mass is 648 g/mol. The number of carboxylic acid groups (broad SMARTS) is 1. The van der Waals surface area contributed by atoms with E-state index < -0.39 is 47.3 Å². The number of piperidine rings is 1. The maximum atomic E-state index is 15.2. The summed E-state index contributed by atoms with van der Waals surface area (Å²) in [6.07, 6.45) is -3.36. The number of ether oxygens (including phenoxy) is 1. The lowest BCUT2D eigenvalue weighted by atomic mass is 9.91. The average Bonchev–Trinajstić information content (AvgIpc) is 3.01. The average molecular weight is 649 g/mol. The van der Waals surface area contributed by atoms with Crippen LogP contribution in [-0.4, -0.2) is 57.9 Å². The normalized spacial score (nSPS) is 17.2. The van der Waals surface area contributed by atoms with Crippen molar-refractivity contribution >= 4 is 17.6 Å². The van der Waals surface area contributed by atoms with Crippen LogP contribution in [0.2, 0.25) is 0 Å². The highest BCUT2D eigenvalue weighted by molar-refractivity contribution is 5.97. The number of hydrogen-bond donors (Lipinski definition) is 2. The Bertz CT molecular complexity index is 1730. The van der Waals surface area contributed by atoms with Gasteiger partial charge in [-0.25, -0.2) is 18.6 Å². The molecule has 1 fully saturated rings. The molecule has 1 aromatic heterocycles. The first-order chi connectivity index (χ1) is 21.7. The number of anilines is 1. The molecule has 9 nitrogen and oxygen atoms in total. The Morgan fingerprint density at radius 3 is 2.48 bits per heavy atom. The summed E-state index contributed by atoms with van der Waals surface area (Å²) < 4.78 is 78.5. The van der Waals surface area contributed by atoms with E-state index in [-0.39, 0.29) is 36.3 Å². The molecule has 2 aliphatic rings. The van der Waals surface area contributed by atoms with Gasteiger partial charge < -0.3 is 24.6 Å². The number of benzene rings is 2. The standard InChI is InChI=1S/C32H33F5N4O5/c1-16-17(2)40(3)30(43)27(38-16)21-10-9-18(20-7-6-12-46-28(20)21)13-24(31(44)45)39-29(42)26-22(33)14-19(15-23(26)34)41-11-5-4-8-25(41)32(35,36)37/h9-10,14-15,24-25H,4-8,11-13H2,1-3H3,(H,39,42)(H,44,45)/t24-,25+/m0/s1. The van der Waals surface area contributed by atoms with E-state index in [1.807, 2.05) is 0 Å². The van der Waals surface area contributed by atoms with Crippen molar-refractivity contribution in [3.05, 3.63) is 74.3 Å². The maximum absolute atomic E-state index is 15.2. The van der Waals surface area contributed by atoms with E-state index in [4.69, 9.17) is 4.74 Å². The molecule has 0 spiro atoms. The number of amides is 1. The largest absolute Gasteiger partial charge is 0.493 e. The van der Waals surface area contributed by atoms with Crippen molar-refractivity contribution in [2.24, 2.45) is 7.05 Å². The van der Waals surface area contributed by atoms with Crippen molar-refractivity contribution in [2.45, 2.75) is 70.6 Å². The summed E-state index contributed by atoms with van der Waals surface area (Å²) in [6, 6.07) is 0.960. The summed E-state index contributed by atoms with van der Waals surface area (Å²) in [6.45, 7) is 3.82. The van der Waals surface area contributed by atoms with E-state index in [1.54, 1.807) is 33.0 Å². The van der Waals surface area contributed by atoms with Crippen LogP contribution in [0.5, 0.6) is 5.75 Å². The van der Waals surface area contributed by atoms with Crippen molar-refractivity contribution in [1.29, 1.82) is 0 Å². The number of nitrogens with one attached hydrogen (secondary N) is 1. The Kier molecular flexibility index (Phi) is 9.09. The van der Waals surface area contributed by atoms with Gasteiger partial charge in [0.2, 0.25) is 0 Å². The summed E-state index contributed by atoms with van der Waals surface area (Å²) in [4.78, 5) is 43.7. The second kappa shape index (κ2) is 12.7. The fraction of sp³-hybridized carbons (Fsp3) is 0.438. The van der Waals surface area contributed by atoms with E-state index >= 15 is 8.78 Å². The van der Waals surface area contributed by atoms with Gasteiger partial charge in [0, 0.05) is 37.0 Å². The third kappa shape index (κ3) is 6.29. The van der Waals surface area contributed by atoms with Crippen LogP contribution < -0.4 is 20.5 Å². The quantitative estimate of drug-likeness (QED) is 0.346. The van der Waals surface area contributed by atoms with Crippen LogP contribution in [0.25, 0.3) is 11.3 Å². The number of carboxylic acids is 1. The molecule has 0 bridgehead atoms. The number of hydrogen-bond acceptors (Lipinski definition) is 6. The number of aliphatic carboxylic acids is 1. The third-order valence-electron chi connectivity index (χ3n) is 8.74. The number of carbonyl (C=O) groups is 2. The van der Waals surface area contributed by atoms with Gasteiger partial charge >= 0.3 is 12.1 Å².